The molecule has 0 bridgehead atoms. The Morgan fingerprint density at radius 3 is 2.58 bits per heavy atom. The molecule has 31 heavy (non-hydrogen) atoms. The van der Waals surface area contributed by atoms with Crippen LogP contribution in [0.1, 0.15) is 23.2 Å². The Labute approximate surface area is 186 Å². The summed E-state index contributed by atoms with van der Waals surface area (Å²) in [6.07, 6.45) is 1.53. The second-order valence-corrected chi connectivity index (χ2v) is 8.93. The van der Waals surface area contributed by atoms with Gasteiger partial charge in [0.25, 0.3) is 0 Å². The lowest BCUT2D eigenvalue weighted by atomic mass is 10.2. The fourth-order valence-corrected chi connectivity index (χ4v) is 4.56. The summed E-state index contributed by atoms with van der Waals surface area (Å²) in [5, 5.41) is 0.0132. The third-order valence-electron chi connectivity index (χ3n) is 4.63. The Hall–Kier alpha value is -2.33. The van der Waals surface area contributed by atoms with Gasteiger partial charge in [0, 0.05) is 13.2 Å². The summed E-state index contributed by atoms with van der Waals surface area (Å²) < 4.78 is 48.9. The van der Waals surface area contributed by atoms with Crippen molar-refractivity contribution in [3.63, 3.8) is 0 Å². The van der Waals surface area contributed by atoms with Crippen molar-refractivity contribution in [3.05, 3.63) is 53.1 Å². The SMILES string of the molecule is COc1ccc(OCCOC(=O)c2ccc(Cl)c(S(=O)(=O)NCC3CCCO3)c2)cc1. The fourth-order valence-electron chi connectivity index (χ4n) is 2.97. The highest BCUT2D eigenvalue weighted by molar-refractivity contribution is 7.89. The van der Waals surface area contributed by atoms with Gasteiger partial charge in [-0.25, -0.2) is 17.9 Å². The van der Waals surface area contributed by atoms with Crippen molar-refractivity contribution in [1.29, 1.82) is 0 Å². The number of hydrogen-bond acceptors (Lipinski definition) is 7. The minimum absolute atomic E-state index is 0.00710. The predicted octanol–water partition coefficient (Wildman–Crippen LogP) is 3.04. The Morgan fingerprint density at radius 2 is 1.90 bits per heavy atom. The number of esters is 1. The van der Waals surface area contributed by atoms with Crippen molar-refractivity contribution in [2.24, 2.45) is 0 Å². The summed E-state index contributed by atoms with van der Waals surface area (Å²) in [5.41, 5.74) is 0.0753. The molecule has 0 saturated carbocycles. The zero-order valence-electron chi connectivity index (χ0n) is 17.0. The maximum Gasteiger partial charge on any atom is 0.338 e. The lowest BCUT2D eigenvalue weighted by Gasteiger charge is -2.13. The summed E-state index contributed by atoms with van der Waals surface area (Å²) in [5.74, 6) is 0.636. The first-order valence-corrected chi connectivity index (χ1v) is 11.6. The van der Waals surface area contributed by atoms with E-state index in [4.69, 9.17) is 30.5 Å². The highest BCUT2D eigenvalue weighted by Gasteiger charge is 2.23. The van der Waals surface area contributed by atoms with Gasteiger partial charge in [-0.05, 0) is 55.3 Å². The molecule has 168 valence electrons. The smallest absolute Gasteiger partial charge is 0.338 e. The average molecular weight is 470 g/mol. The van der Waals surface area contributed by atoms with Crippen molar-refractivity contribution in [3.8, 4) is 11.5 Å². The van der Waals surface area contributed by atoms with Gasteiger partial charge in [-0.1, -0.05) is 11.6 Å². The third kappa shape index (κ3) is 6.57. The molecule has 0 amide bonds. The summed E-state index contributed by atoms with van der Waals surface area (Å²) in [6, 6.07) is 10.9. The van der Waals surface area contributed by atoms with Gasteiger partial charge in [0.1, 0.15) is 29.6 Å². The minimum atomic E-state index is -3.91. The quantitative estimate of drug-likeness (QED) is 0.421. The number of hydrogen-bond donors (Lipinski definition) is 1. The van der Waals surface area contributed by atoms with Crippen LogP contribution in [0.5, 0.6) is 11.5 Å². The normalized spacial score (nSPS) is 16.1. The maximum absolute atomic E-state index is 12.6. The van der Waals surface area contributed by atoms with E-state index in [-0.39, 0.29) is 41.3 Å². The highest BCUT2D eigenvalue weighted by atomic mass is 35.5. The van der Waals surface area contributed by atoms with Crippen LogP contribution in [0.4, 0.5) is 0 Å². The van der Waals surface area contributed by atoms with Crippen LogP contribution in [0.3, 0.4) is 0 Å². The van der Waals surface area contributed by atoms with Crippen LogP contribution < -0.4 is 14.2 Å². The van der Waals surface area contributed by atoms with E-state index in [1.54, 1.807) is 31.4 Å². The zero-order chi connectivity index (χ0) is 22.3. The van der Waals surface area contributed by atoms with E-state index in [9.17, 15) is 13.2 Å². The monoisotopic (exact) mass is 469 g/mol. The van der Waals surface area contributed by atoms with Crippen LogP contribution in [0, 0.1) is 0 Å². The molecule has 1 atom stereocenters. The molecule has 1 aliphatic heterocycles. The van der Waals surface area contributed by atoms with Gasteiger partial charge >= 0.3 is 5.97 Å². The molecule has 1 heterocycles. The number of ether oxygens (including phenoxy) is 4. The molecule has 0 spiro atoms. The van der Waals surface area contributed by atoms with Crippen LogP contribution >= 0.6 is 11.6 Å². The molecular weight excluding hydrogens is 446 g/mol. The molecular formula is C21H24ClNO7S. The van der Waals surface area contributed by atoms with Gasteiger partial charge in [0.15, 0.2) is 0 Å². The summed E-state index contributed by atoms with van der Waals surface area (Å²) in [6.45, 7) is 0.902. The van der Waals surface area contributed by atoms with Crippen molar-refractivity contribution >= 4 is 27.6 Å². The molecule has 2 aromatic carbocycles. The van der Waals surface area contributed by atoms with Gasteiger partial charge in [-0.3, -0.25) is 0 Å². The Bertz CT molecular complexity index is 989. The van der Waals surface area contributed by atoms with Crippen molar-refractivity contribution in [2.45, 2.75) is 23.8 Å². The van der Waals surface area contributed by atoms with Gasteiger partial charge in [0.05, 0.1) is 23.8 Å². The predicted molar refractivity (Wildman–Crippen MR) is 114 cm³/mol. The van der Waals surface area contributed by atoms with E-state index in [2.05, 4.69) is 4.72 Å². The van der Waals surface area contributed by atoms with E-state index in [0.29, 0.717) is 18.1 Å². The van der Waals surface area contributed by atoms with Crippen LogP contribution in [0.2, 0.25) is 5.02 Å². The van der Waals surface area contributed by atoms with Gasteiger partial charge in [-0.2, -0.15) is 0 Å². The number of carbonyl (C=O) groups is 1. The number of carbonyl (C=O) groups excluding carboxylic acids is 1. The number of halogens is 1. The largest absolute Gasteiger partial charge is 0.497 e. The van der Waals surface area contributed by atoms with Crippen LogP contribution in [-0.2, 0) is 19.5 Å². The van der Waals surface area contributed by atoms with Crippen LogP contribution in [-0.4, -0.2) is 54.0 Å². The minimum Gasteiger partial charge on any atom is -0.497 e. The molecule has 2 aromatic rings. The number of sulfonamides is 1. The summed E-state index contributed by atoms with van der Waals surface area (Å²) >= 11 is 6.07. The molecule has 3 rings (SSSR count). The van der Waals surface area contributed by atoms with Crippen molar-refractivity contribution < 1.29 is 32.2 Å². The second kappa shape index (κ2) is 10.8. The molecule has 1 unspecified atom stereocenters. The highest BCUT2D eigenvalue weighted by Crippen LogP contribution is 2.24. The van der Waals surface area contributed by atoms with Gasteiger partial charge in [-0.15, -0.1) is 0 Å². The molecule has 1 saturated heterocycles. The molecule has 1 N–H and O–H groups in total. The number of nitrogens with one attached hydrogen (secondary N) is 1. The van der Waals surface area contributed by atoms with Gasteiger partial charge < -0.3 is 18.9 Å². The molecule has 0 aliphatic carbocycles. The summed E-state index contributed by atoms with van der Waals surface area (Å²) in [4.78, 5) is 12.1. The standard InChI is InChI=1S/C21H24ClNO7S/c1-27-16-5-7-17(8-6-16)29-11-12-30-21(24)15-4-9-19(22)20(13-15)31(25,26)23-14-18-3-2-10-28-18/h4-9,13,18,23H,2-3,10-12,14H2,1H3. The Morgan fingerprint density at radius 1 is 1.16 bits per heavy atom. The lowest BCUT2D eigenvalue weighted by Crippen LogP contribution is -2.32. The Kier molecular flexibility index (Phi) is 8.14. The first-order chi connectivity index (χ1) is 14.9. The molecule has 0 radical (unpaired) electrons. The lowest BCUT2D eigenvalue weighted by molar-refractivity contribution is 0.0450. The number of benzene rings is 2. The van der Waals surface area contributed by atoms with E-state index in [1.807, 2.05) is 0 Å². The van der Waals surface area contributed by atoms with Gasteiger partial charge in [0.2, 0.25) is 10.0 Å². The molecule has 8 nitrogen and oxygen atoms in total. The molecule has 10 heteroatoms. The Balaban J connectivity index is 1.54. The van der Waals surface area contributed by atoms with Crippen molar-refractivity contribution in [1.82, 2.24) is 4.72 Å². The summed E-state index contributed by atoms with van der Waals surface area (Å²) in [7, 11) is -2.33. The maximum atomic E-state index is 12.6. The topological polar surface area (TPSA) is 100 Å². The van der Waals surface area contributed by atoms with E-state index < -0.39 is 16.0 Å². The number of rotatable bonds is 10. The fraction of sp³-hybridized carbons (Fsp3) is 0.381. The van der Waals surface area contributed by atoms with Crippen LogP contribution in [0.15, 0.2) is 47.4 Å². The van der Waals surface area contributed by atoms with Crippen molar-refractivity contribution in [2.75, 3.05) is 33.5 Å². The van der Waals surface area contributed by atoms with Crippen LogP contribution in [0.25, 0.3) is 0 Å². The van der Waals surface area contributed by atoms with E-state index in [1.165, 1.54) is 18.2 Å². The zero-order valence-corrected chi connectivity index (χ0v) is 18.6. The first kappa shape index (κ1) is 23.3. The molecule has 1 fully saturated rings. The second-order valence-electron chi connectivity index (χ2n) is 6.79. The third-order valence-corrected chi connectivity index (χ3v) is 6.53. The number of methoxy groups -OCH3 is 1. The molecule has 1 aliphatic rings. The average Bonchev–Trinajstić information content (AvgIpc) is 3.29. The van der Waals surface area contributed by atoms with E-state index >= 15 is 0 Å². The first-order valence-electron chi connectivity index (χ1n) is 9.74. The van der Waals surface area contributed by atoms with E-state index in [0.717, 1.165) is 12.8 Å². The molecule has 0 aromatic heterocycles.